The Hall–Kier alpha value is -2.48. The molecular weight excluding hydrogens is 396 g/mol. The quantitative estimate of drug-likeness (QED) is 0.696. The number of carbonyl (C=O) groups excluding carboxylic acids is 3. The molecule has 0 saturated carbocycles. The molecule has 2 aliphatic heterocycles. The second kappa shape index (κ2) is 10.7. The minimum atomic E-state index is -0.261. The lowest BCUT2D eigenvalue weighted by molar-refractivity contribution is -0.152. The second-order valence-corrected chi connectivity index (χ2v) is 8.52. The number of likely N-dealkylation sites (tertiary alicyclic amines) is 2. The summed E-state index contributed by atoms with van der Waals surface area (Å²) in [6, 6.07) is 5.30. The molecule has 0 bridgehead atoms. The van der Waals surface area contributed by atoms with Crippen LogP contribution in [0, 0.1) is 18.8 Å². The van der Waals surface area contributed by atoms with Crippen molar-refractivity contribution in [1.29, 1.82) is 0 Å². The summed E-state index contributed by atoms with van der Waals surface area (Å²) in [6.45, 7) is 8.49. The molecule has 0 unspecified atom stereocenters. The molecule has 3 rings (SSSR count). The lowest BCUT2D eigenvalue weighted by Crippen LogP contribution is -2.53. The number of ether oxygens (including phenoxy) is 1. The Kier molecular flexibility index (Phi) is 8.01. The van der Waals surface area contributed by atoms with Gasteiger partial charge in [-0.1, -0.05) is 6.07 Å². The smallest absolute Gasteiger partial charge is 0.310 e. The molecule has 2 aliphatic rings. The Labute approximate surface area is 184 Å². The fourth-order valence-corrected chi connectivity index (χ4v) is 4.44. The maximum atomic E-state index is 13.1. The molecule has 1 N–H and O–H groups in total. The molecule has 1 aromatic heterocycles. The predicted octanol–water partition coefficient (Wildman–Crippen LogP) is 2.23. The number of nitrogens with zero attached hydrogens (tertiary/aromatic N) is 3. The lowest BCUT2D eigenvalue weighted by atomic mass is 9.94. The van der Waals surface area contributed by atoms with E-state index in [1.165, 1.54) is 0 Å². The van der Waals surface area contributed by atoms with Crippen molar-refractivity contribution >= 4 is 23.6 Å². The number of hydrogen-bond donors (Lipinski definition) is 1. The summed E-state index contributed by atoms with van der Waals surface area (Å²) in [5.74, 6) is 0.115. The lowest BCUT2D eigenvalue weighted by Gasteiger charge is -2.39. The van der Waals surface area contributed by atoms with Crippen LogP contribution in [-0.2, 0) is 19.1 Å². The van der Waals surface area contributed by atoms with Crippen molar-refractivity contribution in [3.05, 3.63) is 23.9 Å². The van der Waals surface area contributed by atoms with Gasteiger partial charge in [-0.3, -0.25) is 19.3 Å². The number of hydrogen-bond acceptors (Lipinski definition) is 6. The Morgan fingerprint density at radius 2 is 1.90 bits per heavy atom. The van der Waals surface area contributed by atoms with Gasteiger partial charge >= 0.3 is 5.97 Å². The highest BCUT2D eigenvalue weighted by Gasteiger charge is 2.35. The molecule has 31 heavy (non-hydrogen) atoms. The predicted molar refractivity (Wildman–Crippen MR) is 117 cm³/mol. The van der Waals surface area contributed by atoms with Crippen LogP contribution in [-0.4, -0.2) is 71.4 Å². The number of nitrogens with one attached hydrogen (secondary N) is 1. The first-order valence-electron chi connectivity index (χ1n) is 11.3. The number of aromatic nitrogens is 1. The number of pyridine rings is 1. The monoisotopic (exact) mass is 430 g/mol. The maximum absolute atomic E-state index is 13.1. The third-order valence-corrected chi connectivity index (χ3v) is 6.30. The molecule has 0 aromatic carbocycles. The maximum Gasteiger partial charge on any atom is 0.310 e. The summed E-state index contributed by atoms with van der Waals surface area (Å²) in [5.41, 5.74) is 0.864. The number of anilines is 1. The number of rotatable bonds is 6. The summed E-state index contributed by atoms with van der Waals surface area (Å²) >= 11 is 0. The van der Waals surface area contributed by atoms with Crippen LogP contribution in [0.4, 0.5) is 5.82 Å². The zero-order valence-electron chi connectivity index (χ0n) is 18.8. The molecule has 0 spiro atoms. The molecule has 0 radical (unpaired) electrons. The minimum absolute atomic E-state index is 0.00922. The van der Waals surface area contributed by atoms with E-state index >= 15 is 0 Å². The molecule has 0 aliphatic carbocycles. The molecule has 2 atom stereocenters. The fraction of sp³-hybridized carbons (Fsp3) is 0.652. The third-order valence-electron chi connectivity index (χ3n) is 6.30. The number of esters is 1. The molecular formula is C23H34N4O4. The fourth-order valence-electron chi connectivity index (χ4n) is 4.44. The second-order valence-electron chi connectivity index (χ2n) is 8.52. The first-order chi connectivity index (χ1) is 14.9. The van der Waals surface area contributed by atoms with E-state index in [1.54, 1.807) is 17.9 Å². The Morgan fingerprint density at radius 3 is 2.58 bits per heavy atom. The van der Waals surface area contributed by atoms with Crippen LogP contribution in [0.15, 0.2) is 18.2 Å². The Balaban J connectivity index is 1.49. The van der Waals surface area contributed by atoms with Crippen LogP contribution in [0.3, 0.4) is 0 Å². The van der Waals surface area contributed by atoms with E-state index in [0.717, 1.165) is 18.5 Å². The number of carbonyl (C=O) groups is 3. The SMILES string of the molecule is CCOC(=O)[C@@H]1CCCN(C(=O)[C@H](C)N2CCC(C(=O)Nc3cccc(C)n3)CC2)C1. The van der Waals surface area contributed by atoms with Gasteiger partial charge in [-0.15, -0.1) is 0 Å². The normalized spacial score (nSPS) is 21.4. The average molecular weight is 431 g/mol. The van der Waals surface area contributed by atoms with E-state index in [9.17, 15) is 14.4 Å². The van der Waals surface area contributed by atoms with Gasteiger partial charge in [0, 0.05) is 24.7 Å². The van der Waals surface area contributed by atoms with Crippen molar-refractivity contribution in [2.24, 2.45) is 11.8 Å². The highest BCUT2D eigenvalue weighted by molar-refractivity contribution is 5.91. The van der Waals surface area contributed by atoms with Crippen LogP contribution in [0.5, 0.6) is 0 Å². The first kappa shape index (κ1) is 23.2. The van der Waals surface area contributed by atoms with Crippen molar-refractivity contribution in [2.75, 3.05) is 38.1 Å². The van der Waals surface area contributed by atoms with Crippen LogP contribution >= 0.6 is 0 Å². The van der Waals surface area contributed by atoms with Gasteiger partial charge in [0.2, 0.25) is 11.8 Å². The molecule has 170 valence electrons. The van der Waals surface area contributed by atoms with Gasteiger partial charge in [-0.25, -0.2) is 4.98 Å². The Morgan fingerprint density at radius 1 is 1.16 bits per heavy atom. The number of piperidine rings is 2. The van der Waals surface area contributed by atoms with Gasteiger partial charge in [-0.2, -0.15) is 0 Å². The van der Waals surface area contributed by atoms with Crippen molar-refractivity contribution in [3.63, 3.8) is 0 Å². The van der Waals surface area contributed by atoms with Crippen molar-refractivity contribution in [3.8, 4) is 0 Å². The Bertz CT molecular complexity index is 792. The zero-order chi connectivity index (χ0) is 22.4. The summed E-state index contributed by atoms with van der Waals surface area (Å²) in [5, 5.41) is 2.91. The van der Waals surface area contributed by atoms with E-state index in [1.807, 2.05) is 26.0 Å². The molecule has 8 heteroatoms. The molecule has 2 amide bonds. The molecule has 3 heterocycles. The van der Waals surface area contributed by atoms with Gasteiger partial charge in [0.05, 0.1) is 18.6 Å². The van der Waals surface area contributed by atoms with Crippen LogP contribution < -0.4 is 5.32 Å². The van der Waals surface area contributed by atoms with Crippen LogP contribution in [0.2, 0.25) is 0 Å². The van der Waals surface area contributed by atoms with Gasteiger partial charge in [0.15, 0.2) is 0 Å². The standard InChI is InChI=1S/C23H34N4O4/c1-4-31-23(30)19-8-6-12-27(15-19)22(29)17(3)26-13-10-18(11-14-26)21(28)25-20-9-5-7-16(2)24-20/h5,7,9,17-19H,4,6,8,10-15H2,1-3H3,(H,24,25,28)/t17-,19+/m0/s1. The molecule has 2 fully saturated rings. The molecule has 8 nitrogen and oxygen atoms in total. The minimum Gasteiger partial charge on any atom is -0.466 e. The van der Waals surface area contributed by atoms with E-state index in [4.69, 9.17) is 4.74 Å². The summed E-state index contributed by atoms with van der Waals surface area (Å²) in [6.07, 6.45) is 3.01. The third kappa shape index (κ3) is 6.03. The molecule has 2 saturated heterocycles. The van der Waals surface area contributed by atoms with Gasteiger partial charge < -0.3 is 15.0 Å². The van der Waals surface area contributed by atoms with Gasteiger partial charge in [-0.05, 0) is 71.7 Å². The van der Waals surface area contributed by atoms with E-state index < -0.39 is 0 Å². The summed E-state index contributed by atoms with van der Waals surface area (Å²) in [7, 11) is 0. The number of amides is 2. The van der Waals surface area contributed by atoms with Crippen molar-refractivity contribution in [1.82, 2.24) is 14.8 Å². The molecule has 1 aromatic rings. The highest BCUT2D eigenvalue weighted by Crippen LogP contribution is 2.23. The van der Waals surface area contributed by atoms with Gasteiger partial charge in [0.1, 0.15) is 5.82 Å². The summed E-state index contributed by atoms with van der Waals surface area (Å²) in [4.78, 5) is 46.0. The van der Waals surface area contributed by atoms with Crippen molar-refractivity contribution in [2.45, 2.75) is 52.5 Å². The van der Waals surface area contributed by atoms with Crippen LogP contribution in [0.1, 0.15) is 45.2 Å². The van der Waals surface area contributed by atoms with E-state index in [-0.39, 0.29) is 35.7 Å². The van der Waals surface area contributed by atoms with Crippen molar-refractivity contribution < 1.29 is 19.1 Å². The average Bonchev–Trinajstić information content (AvgIpc) is 2.78. The van der Waals surface area contributed by atoms with Crippen LogP contribution in [0.25, 0.3) is 0 Å². The van der Waals surface area contributed by atoms with Gasteiger partial charge in [0.25, 0.3) is 0 Å². The largest absolute Gasteiger partial charge is 0.466 e. The summed E-state index contributed by atoms with van der Waals surface area (Å²) < 4.78 is 5.14. The first-order valence-corrected chi connectivity index (χ1v) is 11.3. The van der Waals surface area contributed by atoms with E-state index in [2.05, 4.69) is 15.2 Å². The number of aryl methyl sites for hydroxylation is 1. The topological polar surface area (TPSA) is 91.8 Å². The highest BCUT2D eigenvalue weighted by atomic mass is 16.5. The zero-order valence-corrected chi connectivity index (χ0v) is 18.8. The van der Waals surface area contributed by atoms with E-state index in [0.29, 0.717) is 51.4 Å².